The smallest absolute Gasteiger partial charge is 0.228 e. The highest BCUT2D eigenvalue weighted by atomic mass is 16.5. The Kier molecular flexibility index (Phi) is 4.01. The fraction of sp³-hybridized carbons (Fsp3) is 0.917. The first-order valence-corrected chi connectivity index (χ1v) is 6.37. The largest absolute Gasteiger partial charge is 0.378 e. The van der Waals surface area contributed by atoms with Crippen molar-refractivity contribution in [2.45, 2.75) is 38.6 Å². The summed E-state index contributed by atoms with van der Waals surface area (Å²) in [5, 5.41) is 0. The predicted molar refractivity (Wildman–Crippen MR) is 63.5 cm³/mol. The maximum Gasteiger partial charge on any atom is 0.228 e. The van der Waals surface area contributed by atoms with Gasteiger partial charge in [-0.05, 0) is 20.3 Å². The first-order chi connectivity index (χ1) is 8.11. The summed E-state index contributed by atoms with van der Waals surface area (Å²) in [6.07, 6.45) is 0.912. The van der Waals surface area contributed by atoms with E-state index in [0.717, 1.165) is 6.42 Å². The summed E-state index contributed by atoms with van der Waals surface area (Å²) in [7, 11) is 0. The van der Waals surface area contributed by atoms with E-state index in [0.29, 0.717) is 26.2 Å². The number of amides is 1. The minimum atomic E-state index is -0.0275. The van der Waals surface area contributed by atoms with E-state index in [1.807, 2.05) is 18.7 Å². The maximum absolute atomic E-state index is 12.4. The summed E-state index contributed by atoms with van der Waals surface area (Å²) in [4.78, 5) is 14.3. The van der Waals surface area contributed by atoms with Gasteiger partial charge in [-0.2, -0.15) is 0 Å². The van der Waals surface area contributed by atoms with Gasteiger partial charge in [-0.1, -0.05) is 0 Å². The van der Waals surface area contributed by atoms with Gasteiger partial charge in [0, 0.05) is 26.2 Å². The molecule has 1 amide bonds. The zero-order valence-corrected chi connectivity index (χ0v) is 10.6. The highest BCUT2D eigenvalue weighted by Gasteiger charge is 2.36. The van der Waals surface area contributed by atoms with Gasteiger partial charge in [-0.25, -0.2) is 0 Å². The molecule has 0 aromatic carbocycles. The van der Waals surface area contributed by atoms with Crippen molar-refractivity contribution in [2.75, 3.05) is 26.2 Å². The first-order valence-electron chi connectivity index (χ1n) is 6.37. The van der Waals surface area contributed by atoms with Gasteiger partial charge in [0.1, 0.15) is 0 Å². The van der Waals surface area contributed by atoms with E-state index < -0.39 is 0 Å². The lowest BCUT2D eigenvalue weighted by atomic mass is 10.00. The second kappa shape index (κ2) is 5.33. The third-order valence-electron chi connectivity index (χ3n) is 3.59. The van der Waals surface area contributed by atoms with E-state index in [1.54, 1.807) is 0 Å². The minimum absolute atomic E-state index is 0.0127. The van der Waals surface area contributed by atoms with Crippen molar-refractivity contribution < 1.29 is 14.3 Å². The lowest BCUT2D eigenvalue weighted by Gasteiger charge is -2.37. The molecule has 4 unspecified atom stereocenters. The lowest BCUT2D eigenvalue weighted by Crippen LogP contribution is -2.53. The molecule has 17 heavy (non-hydrogen) atoms. The van der Waals surface area contributed by atoms with E-state index in [-0.39, 0.29) is 30.1 Å². The fourth-order valence-corrected chi connectivity index (χ4v) is 2.65. The predicted octanol–water partition coefficient (Wildman–Crippen LogP) is -0.0140. The molecule has 2 aliphatic rings. The molecule has 98 valence electrons. The number of hydrogen-bond donors (Lipinski definition) is 1. The molecule has 2 aliphatic heterocycles. The van der Waals surface area contributed by atoms with Crippen LogP contribution in [0.1, 0.15) is 20.3 Å². The third-order valence-corrected chi connectivity index (χ3v) is 3.59. The molecule has 0 bridgehead atoms. The van der Waals surface area contributed by atoms with Gasteiger partial charge >= 0.3 is 0 Å². The normalized spacial score (nSPS) is 38.4. The molecule has 0 aliphatic carbocycles. The van der Waals surface area contributed by atoms with Crippen molar-refractivity contribution in [1.82, 2.24) is 4.90 Å². The molecule has 0 aromatic heterocycles. The molecule has 0 spiro atoms. The number of carbonyl (C=O) groups is 1. The van der Waals surface area contributed by atoms with Crippen LogP contribution in [0.5, 0.6) is 0 Å². The van der Waals surface area contributed by atoms with Crippen LogP contribution in [-0.2, 0) is 14.3 Å². The summed E-state index contributed by atoms with van der Waals surface area (Å²) in [6.45, 7) is 6.39. The number of rotatable bonds is 2. The highest BCUT2D eigenvalue weighted by Crippen LogP contribution is 2.24. The highest BCUT2D eigenvalue weighted by molar-refractivity contribution is 5.79. The van der Waals surface area contributed by atoms with Crippen molar-refractivity contribution in [2.24, 2.45) is 11.7 Å². The van der Waals surface area contributed by atoms with Crippen LogP contribution in [0.15, 0.2) is 0 Å². The van der Waals surface area contributed by atoms with Gasteiger partial charge in [0.25, 0.3) is 0 Å². The standard InChI is InChI=1S/C12H22N2O3/c1-8-6-14(7-10(5-13)17-8)12(15)11-3-4-16-9(11)2/h8-11H,3-7,13H2,1-2H3. The molecular formula is C12H22N2O3. The van der Waals surface area contributed by atoms with Gasteiger partial charge < -0.3 is 20.1 Å². The van der Waals surface area contributed by atoms with Crippen LogP contribution in [0, 0.1) is 5.92 Å². The molecule has 0 radical (unpaired) electrons. The van der Waals surface area contributed by atoms with Crippen LogP contribution in [-0.4, -0.2) is 55.4 Å². The average molecular weight is 242 g/mol. The van der Waals surface area contributed by atoms with Crippen LogP contribution in [0.2, 0.25) is 0 Å². The molecule has 2 saturated heterocycles. The zero-order valence-electron chi connectivity index (χ0n) is 10.6. The van der Waals surface area contributed by atoms with E-state index in [1.165, 1.54) is 0 Å². The van der Waals surface area contributed by atoms with E-state index in [9.17, 15) is 4.79 Å². The number of nitrogens with two attached hydrogens (primary N) is 1. The Morgan fingerprint density at radius 2 is 2.18 bits per heavy atom. The zero-order chi connectivity index (χ0) is 12.4. The quantitative estimate of drug-likeness (QED) is 0.739. The second-order valence-corrected chi connectivity index (χ2v) is 5.02. The molecule has 2 rings (SSSR count). The Bertz CT molecular complexity index is 285. The van der Waals surface area contributed by atoms with Gasteiger partial charge in [0.05, 0.1) is 24.2 Å². The fourth-order valence-electron chi connectivity index (χ4n) is 2.65. The topological polar surface area (TPSA) is 64.8 Å². The summed E-state index contributed by atoms with van der Waals surface area (Å²) in [6, 6.07) is 0. The number of ether oxygens (including phenoxy) is 2. The summed E-state index contributed by atoms with van der Waals surface area (Å²) in [5.74, 6) is 0.210. The van der Waals surface area contributed by atoms with Crippen molar-refractivity contribution in [3.63, 3.8) is 0 Å². The van der Waals surface area contributed by atoms with E-state index in [4.69, 9.17) is 15.2 Å². The second-order valence-electron chi connectivity index (χ2n) is 5.02. The number of hydrogen-bond acceptors (Lipinski definition) is 4. The van der Waals surface area contributed by atoms with Crippen LogP contribution in [0.3, 0.4) is 0 Å². The molecule has 0 saturated carbocycles. The molecular weight excluding hydrogens is 220 g/mol. The summed E-state index contributed by atoms with van der Waals surface area (Å²) < 4.78 is 11.1. The van der Waals surface area contributed by atoms with Gasteiger partial charge in [0.15, 0.2) is 0 Å². The Morgan fingerprint density at radius 1 is 1.41 bits per heavy atom. The average Bonchev–Trinajstić information content (AvgIpc) is 2.73. The number of carbonyl (C=O) groups excluding carboxylic acids is 1. The van der Waals surface area contributed by atoms with Crippen molar-refractivity contribution in [3.8, 4) is 0 Å². The SMILES string of the molecule is CC1CN(C(=O)C2CCOC2C)CC(CN)O1. The van der Waals surface area contributed by atoms with Gasteiger partial charge in [0.2, 0.25) is 5.91 Å². The molecule has 5 nitrogen and oxygen atoms in total. The molecule has 4 atom stereocenters. The molecule has 2 N–H and O–H groups in total. The van der Waals surface area contributed by atoms with Gasteiger partial charge in [-0.15, -0.1) is 0 Å². The number of nitrogens with zero attached hydrogens (tertiary/aromatic N) is 1. The molecule has 5 heteroatoms. The van der Waals surface area contributed by atoms with E-state index >= 15 is 0 Å². The Balaban J connectivity index is 1.98. The Labute approximate surface area is 102 Å². The molecule has 2 heterocycles. The van der Waals surface area contributed by atoms with E-state index in [2.05, 4.69) is 0 Å². The van der Waals surface area contributed by atoms with Crippen molar-refractivity contribution in [3.05, 3.63) is 0 Å². The van der Waals surface area contributed by atoms with Gasteiger partial charge in [-0.3, -0.25) is 4.79 Å². The van der Waals surface area contributed by atoms with Crippen molar-refractivity contribution >= 4 is 5.91 Å². The van der Waals surface area contributed by atoms with Crippen LogP contribution in [0.25, 0.3) is 0 Å². The molecule has 0 aromatic rings. The third kappa shape index (κ3) is 2.78. The van der Waals surface area contributed by atoms with Crippen LogP contribution >= 0.6 is 0 Å². The lowest BCUT2D eigenvalue weighted by molar-refractivity contribution is -0.149. The summed E-state index contributed by atoms with van der Waals surface area (Å²) in [5.41, 5.74) is 5.62. The molecule has 2 fully saturated rings. The maximum atomic E-state index is 12.4. The Hall–Kier alpha value is -0.650. The Morgan fingerprint density at radius 3 is 2.76 bits per heavy atom. The van der Waals surface area contributed by atoms with Crippen LogP contribution in [0.4, 0.5) is 0 Å². The summed E-state index contributed by atoms with van der Waals surface area (Å²) >= 11 is 0. The van der Waals surface area contributed by atoms with Crippen molar-refractivity contribution in [1.29, 1.82) is 0 Å². The number of morpholine rings is 1. The minimum Gasteiger partial charge on any atom is -0.378 e. The first kappa shape index (κ1) is 12.8. The monoisotopic (exact) mass is 242 g/mol. The van der Waals surface area contributed by atoms with Crippen LogP contribution < -0.4 is 5.73 Å².